The number of nitrogens with one attached hydrogen (secondary N) is 2. The van der Waals surface area contributed by atoms with Crippen molar-refractivity contribution in [3.05, 3.63) is 0 Å². The molecule has 1 atom stereocenters. The van der Waals surface area contributed by atoms with Gasteiger partial charge in [-0.05, 0) is 13.3 Å². The lowest BCUT2D eigenvalue weighted by molar-refractivity contribution is -0.122. The third-order valence-corrected chi connectivity index (χ3v) is 2.96. The number of hydrogen-bond acceptors (Lipinski definition) is 4. The molecule has 2 N–H and O–H groups in total. The second-order valence-electron chi connectivity index (χ2n) is 3.57. The highest BCUT2D eigenvalue weighted by atomic mass is 32.2. The minimum Gasteiger partial charge on any atom is -0.385 e. The Balaban J connectivity index is 3.44. The molecule has 0 aliphatic heterocycles. The summed E-state index contributed by atoms with van der Waals surface area (Å²) in [7, 11) is 1.65. The Labute approximate surface area is 108 Å². The third kappa shape index (κ3) is 10.2. The Kier molecular flexibility index (Phi) is 11.3. The topological polar surface area (TPSA) is 50.4 Å². The van der Waals surface area contributed by atoms with Gasteiger partial charge in [0.25, 0.3) is 0 Å². The largest absolute Gasteiger partial charge is 0.385 e. The molecule has 17 heavy (non-hydrogen) atoms. The van der Waals surface area contributed by atoms with Crippen LogP contribution >= 0.6 is 11.8 Å². The number of ether oxygens (including phenoxy) is 1. The van der Waals surface area contributed by atoms with Crippen LogP contribution in [0.25, 0.3) is 0 Å². The van der Waals surface area contributed by atoms with Crippen LogP contribution in [0.3, 0.4) is 0 Å². The van der Waals surface area contributed by atoms with Crippen molar-refractivity contribution in [1.82, 2.24) is 10.6 Å². The van der Waals surface area contributed by atoms with Gasteiger partial charge in [-0.2, -0.15) is 0 Å². The molecule has 0 heterocycles. The highest BCUT2D eigenvalue weighted by molar-refractivity contribution is 7.99. The fourth-order valence-corrected chi connectivity index (χ4v) is 1.68. The first-order valence-electron chi connectivity index (χ1n) is 5.73. The summed E-state index contributed by atoms with van der Waals surface area (Å²) < 4.78 is 4.90. The van der Waals surface area contributed by atoms with Crippen molar-refractivity contribution in [1.29, 1.82) is 0 Å². The van der Waals surface area contributed by atoms with Crippen LogP contribution in [0.4, 0.5) is 0 Å². The molecular weight excluding hydrogens is 236 g/mol. The number of terminal acetylenes is 1. The number of rotatable bonds is 10. The van der Waals surface area contributed by atoms with Crippen molar-refractivity contribution < 1.29 is 9.53 Å². The van der Waals surface area contributed by atoms with Gasteiger partial charge in [0.2, 0.25) is 5.91 Å². The molecule has 0 aromatic rings. The van der Waals surface area contributed by atoms with E-state index in [-0.39, 0.29) is 11.9 Å². The highest BCUT2D eigenvalue weighted by Gasteiger charge is 2.10. The minimum atomic E-state index is -0.163. The zero-order valence-electron chi connectivity index (χ0n) is 10.6. The van der Waals surface area contributed by atoms with Gasteiger partial charge in [0, 0.05) is 32.6 Å². The normalized spacial score (nSPS) is 11.8. The van der Waals surface area contributed by atoms with Gasteiger partial charge in [-0.3, -0.25) is 4.79 Å². The summed E-state index contributed by atoms with van der Waals surface area (Å²) in [5, 5.41) is 6.00. The lowest BCUT2D eigenvalue weighted by Crippen LogP contribution is -2.43. The minimum absolute atomic E-state index is 0.0306. The Bertz CT molecular complexity index is 241. The predicted octanol–water partition coefficient (Wildman–Crippen LogP) is 0.484. The monoisotopic (exact) mass is 258 g/mol. The third-order valence-electron chi connectivity index (χ3n) is 2.10. The van der Waals surface area contributed by atoms with Crippen LogP contribution in [0.5, 0.6) is 0 Å². The summed E-state index contributed by atoms with van der Waals surface area (Å²) >= 11 is 1.68. The van der Waals surface area contributed by atoms with Crippen molar-refractivity contribution in [2.45, 2.75) is 19.4 Å². The number of thioether (sulfide) groups is 1. The van der Waals surface area contributed by atoms with E-state index >= 15 is 0 Å². The zero-order chi connectivity index (χ0) is 12.9. The molecule has 98 valence electrons. The van der Waals surface area contributed by atoms with Crippen molar-refractivity contribution in [2.75, 3.05) is 38.3 Å². The fourth-order valence-electron chi connectivity index (χ4n) is 1.15. The summed E-state index contributed by atoms with van der Waals surface area (Å²) in [4.78, 5) is 11.6. The molecule has 0 aromatic heterocycles. The molecular formula is C12H22N2O2S. The summed E-state index contributed by atoms with van der Waals surface area (Å²) in [5.41, 5.74) is 0. The molecule has 0 spiro atoms. The summed E-state index contributed by atoms with van der Waals surface area (Å²) in [5.74, 6) is 4.24. The van der Waals surface area contributed by atoms with E-state index in [1.165, 1.54) is 0 Å². The zero-order valence-corrected chi connectivity index (χ0v) is 11.4. The quantitative estimate of drug-likeness (QED) is 0.442. The van der Waals surface area contributed by atoms with Gasteiger partial charge in [-0.15, -0.1) is 18.2 Å². The fraction of sp³-hybridized carbons (Fsp3) is 0.750. The molecule has 1 amide bonds. The van der Waals surface area contributed by atoms with Crippen molar-refractivity contribution in [3.8, 4) is 12.3 Å². The van der Waals surface area contributed by atoms with Crippen LogP contribution in [0.15, 0.2) is 0 Å². The Morgan fingerprint density at radius 3 is 2.94 bits per heavy atom. The first kappa shape index (κ1) is 16.3. The van der Waals surface area contributed by atoms with E-state index in [0.29, 0.717) is 13.2 Å². The molecule has 0 saturated heterocycles. The number of carbonyl (C=O) groups excluding carboxylic acids is 1. The molecule has 0 aliphatic carbocycles. The second-order valence-corrected chi connectivity index (χ2v) is 4.68. The maximum atomic E-state index is 11.6. The molecule has 5 heteroatoms. The van der Waals surface area contributed by atoms with Crippen LogP contribution in [0.2, 0.25) is 0 Å². The standard InChI is InChI=1S/C12H22N2O2S/c1-4-9-17-10-7-13-11(2)12(15)14-6-5-8-16-3/h1,11,13H,5-10H2,2-3H3,(H,14,15). The van der Waals surface area contributed by atoms with Gasteiger partial charge in [-0.25, -0.2) is 0 Å². The average molecular weight is 258 g/mol. The van der Waals surface area contributed by atoms with Gasteiger partial charge in [-0.1, -0.05) is 5.92 Å². The van der Waals surface area contributed by atoms with E-state index in [1.54, 1.807) is 18.9 Å². The van der Waals surface area contributed by atoms with Crippen LogP contribution < -0.4 is 10.6 Å². The Morgan fingerprint density at radius 2 is 2.29 bits per heavy atom. The van der Waals surface area contributed by atoms with E-state index in [9.17, 15) is 4.79 Å². The van der Waals surface area contributed by atoms with Gasteiger partial charge < -0.3 is 15.4 Å². The summed E-state index contributed by atoms with van der Waals surface area (Å²) in [6, 6.07) is -0.163. The van der Waals surface area contributed by atoms with E-state index < -0.39 is 0 Å². The van der Waals surface area contributed by atoms with E-state index in [4.69, 9.17) is 11.2 Å². The molecule has 0 radical (unpaired) electrons. The first-order valence-corrected chi connectivity index (χ1v) is 6.89. The summed E-state index contributed by atoms with van der Waals surface area (Å²) in [6.07, 6.45) is 5.97. The van der Waals surface area contributed by atoms with Crippen LogP contribution in [-0.4, -0.2) is 50.3 Å². The van der Waals surface area contributed by atoms with E-state index in [1.807, 2.05) is 6.92 Å². The van der Waals surface area contributed by atoms with Crippen molar-refractivity contribution in [3.63, 3.8) is 0 Å². The van der Waals surface area contributed by atoms with Gasteiger partial charge >= 0.3 is 0 Å². The SMILES string of the molecule is C#CCSCCNC(C)C(=O)NCCCOC. The van der Waals surface area contributed by atoms with Crippen LogP contribution in [0, 0.1) is 12.3 Å². The van der Waals surface area contributed by atoms with Crippen molar-refractivity contribution >= 4 is 17.7 Å². The van der Waals surface area contributed by atoms with Crippen molar-refractivity contribution in [2.24, 2.45) is 0 Å². The molecule has 0 bridgehead atoms. The average Bonchev–Trinajstić information content (AvgIpc) is 2.34. The maximum Gasteiger partial charge on any atom is 0.236 e. The molecule has 0 fully saturated rings. The molecule has 0 saturated carbocycles. The lowest BCUT2D eigenvalue weighted by atomic mass is 10.3. The molecule has 4 nitrogen and oxygen atoms in total. The van der Waals surface area contributed by atoms with Gasteiger partial charge in [0.15, 0.2) is 0 Å². The van der Waals surface area contributed by atoms with Crippen LogP contribution in [0.1, 0.15) is 13.3 Å². The predicted molar refractivity (Wildman–Crippen MR) is 73.1 cm³/mol. The van der Waals surface area contributed by atoms with Gasteiger partial charge in [0.1, 0.15) is 0 Å². The molecule has 0 aromatic carbocycles. The number of methoxy groups -OCH3 is 1. The number of hydrogen-bond donors (Lipinski definition) is 2. The van der Waals surface area contributed by atoms with Gasteiger partial charge in [0.05, 0.1) is 11.8 Å². The van der Waals surface area contributed by atoms with E-state index in [2.05, 4.69) is 16.6 Å². The first-order chi connectivity index (χ1) is 8.22. The lowest BCUT2D eigenvalue weighted by Gasteiger charge is -2.13. The van der Waals surface area contributed by atoms with Crippen LogP contribution in [-0.2, 0) is 9.53 Å². The summed E-state index contributed by atoms with van der Waals surface area (Å²) in [6.45, 7) is 3.98. The second kappa shape index (κ2) is 11.8. The Morgan fingerprint density at radius 1 is 1.53 bits per heavy atom. The Hall–Kier alpha value is -0.700. The molecule has 0 aliphatic rings. The number of amides is 1. The number of carbonyl (C=O) groups is 1. The molecule has 0 rings (SSSR count). The van der Waals surface area contributed by atoms with E-state index in [0.717, 1.165) is 24.5 Å². The smallest absolute Gasteiger partial charge is 0.236 e. The molecule has 1 unspecified atom stereocenters. The highest BCUT2D eigenvalue weighted by Crippen LogP contribution is 1.95. The maximum absolute atomic E-state index is 11.6.